The zero-order valence-corrected chi connectivity index (χ0v) is 19.5. The summed E-state index contributed by atoms with van der Waals surface area (Å²) in [4.78, 5) is 33.4. The maximum Gasteiger partial charge on any atom is 0.331 e. The highest BCUT2D eigenvalue weighted by Gasteiger charge is 2.23. The third-order valence-corrected chi connectivity index (χ3v) is 7.42. The van der Waals surface area contributed by atoms with Crippen molar-refractivity contribution < 1.29 is 0 Å². The van der Waals surface area contributed by atoms with Gasteiger partial charge in [-0.3, -0.25) is 13.9 Å². The second-order valence-corrected chi connectivity index (χ2v) is 10.9. The molecule has 0 aliphatic rings. The lowest BCUT2D eigenvalue weighted by molar-refractivity contribution is 0.504. The first kappa shape index (κ1) is 20.9. The minimum absolute atomic E-state index is 0.212. The van der Waals surface area contributed by atoms with E-state index in [0.717, 1.165) is 25.6 Å². The molecule has 0 N–H and O–H groups in total. The number of imidazole rings is 1. The number of nitrogens with zero attached hydrogens (tertiary/aromatic N) is 4. The maximum atomic E-state index is 13.1. The Morgan fingerprint density at radius 2 is 1.87 bits per heavy atom. The molecule has 0 aliphatic carbocycles. The molecule has 0 spiro atoms. The fourth-order valence-electron chi connectivity index (χ4n) is 3.63. The van der Waals surface area contributed by atoms with Gasteiger partial charge in [0.05, 0.1) is 29.3 Å². The molecule has 0 fully saturated rings. The fourth-order valence-corrected chi connectivity index (χ4v) is 6.12. The number of benzene rings is 1. The van der Waals surface area contributed by atoms with E-state index in [4.69, 9.17) is 0 Å². The van der Waals surface area contributed by atoms with E-state index in [0.29, 0.717) is 29.6 Å². The quantitative estimate of drug-likeness (QED) is 0.417. The summed E-state index contributed by atoms with van der Waals surface area (Å²) in [6.07, 6.45) is 1.85. The molecular weight excluding hydrogens is 416 g/mol. The van der Waals surface area contributed by atoms with E-state index in [1.54, 1.807) is 34.7 Å². The van der Waals surface area contributed by atoms with Crippen LogP contribution < -0.4 is 11.2 Å². The van der Waals surface area contributed by atoms with E-state index in [1.165, 1.54) is 4.57 Å². The van der Waals surface area contributed by atoms with Gasteiger partial charge in [-0.1, -0.05) is 39.8 Å². The Labute approximate surface area is 183 Å². The van der Waals surface area contributed by atoms with E-state index >= 15 is 0 Å². The molecule has 6 nitrogen and oxygen atoms in total. The van der Waals surface area contributed by atoms with Crippen LogP contribution in [0.3, 0.4) is 0 Å². The average Bonchev–Trinajstić information content (AvgIpc) is 3.25. The minimum Gasteiger partial charge on any atom is -0.325 e. The second-order valence-electron chi connectivity index (χ2n) is 8.21. The summed E-state index contributed by atoms with van der Waals surface area (Å²) in [6.45, 7) is 9.62. The highest BCUT2D eigenvalue weighted by Crippen LogP contribution is 2.39. The topological polar surface area (TPSA) is 61.8 Å². The van der Waals surface area contributed by atoms with Gasteiger partial charge in [-0.2, -0.15) is 0 Å². The highest BCUT2D eigenvalue weighted by atomic mass is 32.2. The van der Waals surface area contributed by atoms with Gasteiger partial charge in [-0.05, 0) is 18.1 Å². The van der Waals surface area contributed by atoms with Crippen molar-refractivity contribution in [2.75, 3.05) is 0 Å². The van der Waals surface area contributed by atoms with Crippen molar-refractivity contribution >= 4 is 44.3 Å². The summed E-state index contributed by atoms with van der Waals surface area (Å²) in [7, 11) is 1.57. The zero-order chi connectivity index (χ0) is 21.6. The van der Waals surface area contributed by atoms with Crippen LogP contribution >= 0.6 is 23.1 Å². The van der Waals surface area contributed by atoms with E-state index in [9.17, 15) is 9.59 Å². The predicted molar refractivity (Wildman–Crippen MR) is 126 cm³/mol. The molecule has 0 saturated carbocycles. The number of aromatic nitrogens is 4. The van der Waals surface area contributed by atoms with Crippen LogP contribution in [0.1, 0.15) is 32.6 Å². The van der Waals surface area contributed by atoms with Crippen molar-refractivity contribution in [3.63, 3.8) is 0 Å². The molecule has 0 aliphatic heterocycles. The second kappa shape index (κ2) is 8.07. The number of rotatable bonds is 6. The van der Waals surface area contributed by atoms with Gasteiger partial charge in [-0.25, -0.2) is 9.78 Å². The van der Waals surface area contributed by atoms with Crippen LogP contribution in [0.2, 0.25) is 0 Å². The number of thiophene rings is 1. The SMILES string of the molecule is CC(C)Cn1c(=O)n(C)c(=O)c2c(SC(C)C)c(Cn3cnc4ccccc43)sc21. The summed E-state index contributed by atoms with van der Waals surface area (Å²) in [6, 6.07) is 8.04. The van der Waals surface area contributed by atoms with Gasteiger partial charge in [0, 0.05) is 28.6 Å². The maximum absolute atomic E-state index is 13.1. The summed E-state index contributed by atoms with van der Waals surface area (Å²) in [5, 5.41) is 0.983. The average molecular weight is 443 g/mol. The first-order chi connectivity index (χ1) is 14.3. The van der Waals surface area contributed by atoms with Crippen molar-refractivity contribution in [2.45, 2.75) is 50.9 Å². The smallest absolute Gasteiger partial charge is 0.325 e. The van der Waals surface area contributed by atoms with Crippen LogP contribution in [0.4, 0.5) is 0 Å². The number of fused-ring (bicyclic) bond motifs is 2. The molecule has 0 atom stereocenters. The molecule has 3 heterocycles. The van der Waals surface area contributed by atoms with Crippen LogP contribution in [0.15, 0.2) is 45.1 Å². The van der Waals surface area contributed by atoms with E-state index in [2.05, 4.69) is 43.3 Å². The Balaban J connectivity index is 1.98. The number of hydrogen-bond acceptors (Lipinski definition) is 5. The molecule has 0 radical (unpaired) electrons. The molecule has 4 aromatic rings. The molecule has 0 unspecified atom stereocenters. The summed E-state index contributed by atoms with van der Waals surface area (Å²) in [5.41, 5.74) is 1.55. The minimum atomic E-state index is -0.247. The lowest BCUT2D eigenvalue weighted by Gasteiger charge is -2.12. The molecule has 4 rings (SSSR count). The van der Waals surface area contributed by atoms with Crippen molar-refractivity contribution in [3.8, 4) is 0 Å². The monoisotopic (exact) mass is 442 g/mol. The number of para-hydroxylation sites is 2. The van der Waals surface area contributed by atoms with Gasteiger partial charge < -0.3 is 4.57 Å². The van der Waals surface area contributed by atoms with E-state index in [-0.39, 0.29) is 11.2 Å². The molecule has 8 heteroatoms. The van der Waals surface area contributed by atoms with Gasteiger partial charge in [0.1, 0.15) is 4.83 Å². The lowest BCUT2D eigenvalue weighted by Crippen LogP contribution is -2.38. The third-order valence-electron chi connectivity index (χ3n) is 4.94. The van der Waals surface area contributed by atoms with Gasteiger partial charge >= 0.3 is 5.69 Å². The summed E-state index contributed by atoms with van der Waals surface area (Å²) in [5.74, 6) is 0.299. The van der Waals surface area contributed by atoms with Crippen LogP contribution in [-0.2, 0) is 20.1 Å². The molecule has 0 saturated heterocycles. The van der Waals surface area contributed by atoms with Crippen LogP contribution in [0, 0.1) is 5.92 Å². The Bertz CT molecular complexity index is 1340. The standard InChI is InChI=1S/C22H26N4O2S2/c1-13(2)10-26-21-18(20(27)24(5)22(26)28)19(29-14(3)4)17(30-21)11-25-12-23-15-8-6-7-9-16(15)25/h6-9,12-14H,10-11H2,1-5H3. The normalized spacial score (nSPS) is 12.1. The first-order valence-corrected chi connectivity index (χ1v) is 11.8. The molecule has 0 amide bonds. The molecule has 158 valence electrons. The van der Waals surface area contributed by atoms with E-state index in [1.807, 2.05) is 24.5 Å². The lowest BCUT2D eigenvalue weighted by atomic mass is 10.2. The summed E-state index contributed by atoms with van der Waals surface area (Å²) >= 11 is 3.25. The van der Waals surface area contributed by atoms with Crippen molar-refractivity contribution in [1.82, 2.24) is 18.7 Å². The third kappa shape index (κ3) is 3.63. The Morgan fingerprint density at radius 3 is 2.57 bits per heavy atom. The van der Waals surface area contributed by atoms with Gasteiger partial charge in [0.2, 0.25) is 0 Å². The molecule has 3 aromatic heterocycles. The van der Waals surface area contributed by atoms with Gasteiger partial charge in [0.25, 0.3) is 5.56 Å². The van der Waals surface area contributed by atoms with Gasteiger partial charge in [-0.15, -0.1) is 23.1 Å². The van der Waals surface area contributed by atoms with Crippen molar-refractivity contribution in [3.05, 3.63) is 56.3 Å². The van der Waals surface area contributed by atoms with Crippen LogP contribution in [0.25, 0.3) is 21.3 Å². The fraction of sp³-hybridized carbons (Fsp3) is 0.409. The van der Waals surface area contributed by atoms with Crippen molar-refractivity contribution in [2.24, 2.45) is 13.0 Å². The van der Waals surface area contributed by atoms with Crippen LogP contribution in [-0.4, -0.2) is 23.9 Å². The van der Waals surface area contributed by atoms with Gasteiger partial charge in [0.15, 0.2) is 0 Å². The Hall–Kier alpha value is -2.32. The molecule has 30 heavy (non-hydrogen) atoms. The Morgan fingerprint density at radius 1 is 1.13 bits per heavy atom. The predicted octanol–water partition coefficient (Wildman–Crippen LogP) is 4.32. The van der Waals surface area contributed by atoms with Crippen molar-refractivity contribution in [1.29, 1.82) is 0 Å². The number of hydrogen-bond donors (Lipinski definition) is 0. The Kier molecular flexibility index (Phi) is 5.63. The zero-order valence-electron chi connectivity index (χ0n) is 17.9. The molecule has 1 aromatic carbocycles. The molecular formula is C22H26N4O2S2. The number of thioether (sulfide) groups is 1. The first-order valence-electron chi connectivity index (χ1n) is 10.1. The van der Waals surface area contributed by atoms with E-state index < -0.39 is 0 Å². The van der Waals surface area contributed by atoms with Crippen LogP contribution in [0.5, 0.6) is 0 Å². The largest absolute Gasteiger partial charge is 0.331 e. The molecule has 0 bridgehead atoms. The highest BCUT2D eigenvalue weighted by molar-refractivity contribution is 8.00. The summed E-state index contributed by atoms with van der Waals surface area (Å²) < 4.78 is 5.13.